The summed E-state index contributed by atoms with van der Waals surface area (Å²) in [4.78, 5) is 27.4. The first-order chi connectivity index (χ1) is 13.6. The molecule has 8 nitrogen and oxygen atoms in total. The number of benzene rings is 2. The summed E-state index contributed by atoms with van der Waals surface area (Å²) in [5, 5.41) is 16.1. The molecule has 1 N–H and O–H groups in total. The van der Waals surface area contributed by atoms with Gasteiger partial charge in [0.05, 0.1) is 21.6 Å². The Morgan fingerprint density at radius 3 is 2.89 bits per heavy atom. The van der Waals surface area contributed by atoms with Crippen molar-refractivity contribution in [3.63, 3.8) is 0 Å². The molecule has 0 amide bonds. The molecule has 0 aliphatic carbocycles. The Hall–Kier alpha value is -3.85. The van der Waals surface area contributed by atoms with E-state index in [4.69, 9.17) is 4.42 Å². The van der Waals surface area contributed by atoms with Crippen LogP contribution in [0.1, 0.15) is 5.56 Å². The zero-order valence-electron chi connectivity index (χ0n) is 14.2. The van der Waals surface area contributed by atoms with Gasteiger partial charge < -0.3 is 4.42 Å². The minimum absolute atomic E-state index is 0.0106. The molecule has 2 aromatic carbocycles. The van der Waals surface area contributed by atoms with E-state index in [0.29, 0.717) is 26.7 Å². The van der Waals surface area contributed by atoms with Crippen LogP contribution < -0.4 is 11.1 Å². The highest BCUT2D eigenvalue weighted by atomic mass is 32.1. The van der Waals surface area contributed by atoms with Crippen molar-refractivity contribution in [1.29, 1.82) is 0 Å². The van der Waals surface area contributed by atoms with Crippen molar-refractivity contribution >= 4 is 39.3 Å². The van der Waals surface area contributed by atoms with Gasteiger partial charge >= 0.3 is 5.63 Å². The Morgan fingerprint density at radius 2 is 2.04 bits per heavy atom. The Balaban J connectivity index is 1.54. The van der Waals surface area contributed by atoms with Crippen LogP contribution >= 0.6 is 11.3 Å². The van der Waals surface area contributed by atoms with Crippen LogP contribution in [0.15, 0.2) is 75.1 Å². The predicted molar refractivity (Wildman–Crippen MR) is 108 cm³/mol. The Bertz CT molecular complexity index is 1260. The molecule has 28 heavy (non-hydrogen) atoms. The zero-order chi connectivity index (χ0) is 19.5. The van der Waals surface area contributed by atoms with E-state index >= 15 is 0 Å². The topological polar surface area (TPSA) is 111 Å². The van der Waals surface area contributed by atoms with Crippen LogP contribution in [0, 0.1) is 10.1 Å². The molecule has 0 bridgehead atoms. The Morgan fingerprint density at radius 1 is 1.18 bits per heavy atom. The number of nitro benzene ring substituents is 1. The number of thiazole rings is 1. The number of hydrogen-bond donors (Lipinski definition) is 1. The van der Waals surface area contributed by atoms with Gasteiger partial charge in [0.2, 0.25) is 5.13 Å². The maximum Gasteiger partial charge on any atom is 0.345 e. The normalized spacial score (nSPS) is 11.1. The van der Waals surface area contributed by atoms with E-state index in [1.807, 2.05) is 12.1 Å². The summed E-state index contributed by atoms with van der Waals surface area (Å²) < 4.78 is 5.34. The number of rotatable bonds is 5. The number of nitro groups is 1. The van der Waals surface area contributed by atoms with Gasteiger partial charge in [-0.15, -0.1) is 0 Å². The summed E-state index contributed by atoms with van der Waals surface area (Å²) >= 11 is 1.25. The van der Waals surface area contributed by atoms with Gasteiger partial charge in [0.15, 0.2) is 0 Å². The van der Waals surface area contributed by atoms with Crippen molar-refractivity contribution in [1.82, 2.24) is 4.98 Å². The molecule has 0 aliphatic rings. The lowest BCUT2D eigenvalue weighted by atomic mass is 10.2. The third-order valence-corrected chi connectivity index (χ3v) is 4.80. The smallest absolute Gasteiger partial charge is 0.345 e. The fraction of sp³-hybridized carbons (Fsp3) is 0. The van der Waals surface area contributed by atoms with E-state index in [2.05, 4.69) is 15.5 Å². The Labute approximate surface area is 161 Å². The van der Waals surface area contributed by atoms with Crippen LogP contribution in [0.25, 0.3) is 21.4 Å². The lowest BCUT2D eigenvalue weighted by Crippen LogP contribution is -2.01. The molecular weight excluding hydrogens is 380 g/mol. The molecule has 0 unspecified atom stereocenters. The van der Waals surface area contributed by atoms with Crippen molar-refractivity contribution in [3.05, 3.63) is 86.9 Å². The number of aromatic nitrogens is 1. The lowest BCUT2D eigenvalue weighted by molar-refractivity contribution is -0.384. The summed E-state index contributed by atoms with van der Waals surface area (Å²) in [6.45, 7) is 0. The number of hydrazone groups is 1. The number of nitrogens with zero attached hydrogens (tertiary/aromatic N) is 3. The van der Waals surface area contributed by atoms with Gasteiger partial charge in [-0.3, -0.25) is 15.5 Å². The van der Waals surface area contributed by atoms with Gasteiger partial charge in [0.25, 0.3) is 5.69 Å². The van der Waals surface area contributed by atoms with Crippen LogP contribution in [-0.2, 0) is 0 Å². The highest BCUT2D eigenvalue weighted by molar-refractivity contribution is 7.18. The maximum atomic E-state index is 12.2. The minimum Gasteiger partial charge on any atom is -0.422 e. The predicted octanol–water partition coefficient (Wildman–Crippen LogP) is 4.27. The third kappa shape index (κ3) is 3.64. The van der Waals surface area contributed by atoms with Crippen molar-refractivity contribution in [2.75, 3.05) is 5.43 Å². The molecule has 0 saturated carbocycles. The van der Waals surface area contributed by atoms with E-state index in [-0.39, 0.29) is 5.69 Å². The maximum absolute atomic E-state index is 12.2. The largest absolute Gasteiger partial charge is 0.422 e. The number of anilines is 1. The number of para-hydroxylation sites is 1. The molecule has 2 aromatic heterocycles. The molecule has 4 aromatic rings. The quantitative estimate of drug-likeness (QED) is 0.235. The summed E-state index contributed by atoms with van der Waals surface area (Å²) in [5.74, 6) is 0. The van der Waals surface area contributed by atoms with Crippen molar-refractivity contribution in [2.45, 2.75) is 0 Å². The summed E-state index contributed by atoms with van der Waals surface area (Å²) in [6, 6.07) is 15.2. The number of fused-ring (bicyclic) bond motifs is 1. The van der Waals surface area contributed by atoms with Crippen LogP contribution in [-0.4, -0.2) is 16.1 Å². The third-order valence-electron chi connectivity index (χ3n) is 3.87. The van der Waals surface area contributed by atoms with Crippen LogP contribution in [0.4, 0.5) is 10.8 Å². The molecule has 0 radical (unpaired) electrons. The van der Waals surface area contributed by atoms with Gasteiger partial charge in [-0.05, 0) is 12.1 Å². The first kappa shape index (κ1) is 17.6. The standard InChI is InChI=1S/C19H12N4O4S/c24-18-15(9-13-5-1-2-7-16(13)27-18)17-11-20-19(28-17)22-21-10-12-4-3-6-14(8-12)23(25)26/h1-11H,(H,20,22)/b21-10+. The molecule has 0 spiro atoms. The van der Waals surface area contributed by atoms with Gasteiger partial charge in [-0.1, -0.05) is 41.7 Å². The summed E-state index contributed by atoms with van der Waals surface area (Å²) in [5.41, 5.74) is 3.85. The second kappa shape index (κ2) is 7.41. The minimum atomic E-state index is -0.465. The average Bonchev–Trinajstić information content (AvgIpc) is 3.16. The van der Waals surface area contributed by atoms with Gasteiger partial charge in [0, 0.05) is 29.3 Å². The van der Waals surface area contributed by atoms with Crippen LogP contribution in [0.2, 0.25) is 0 Å². The van der Waals surface area contributed by atoms with Crippen molar-refractivity contribution < 1.29 is 9.34 Å². The zero-order valence-corrected chi connectivity index (χ0v) is 15.1. The lowest BCUT2D eigenvalue weighted by Gasteiger charge is -1.99. The van der Waals surface area contributed by atoms with E-state index in [1.165, 1.54) is 29.7 Å². The van der Waals surface area contributed by atoms with E-state index in [0.717, 1.165) is 5.39 Å². The molecule has 4 rings (SSSR count). The molecule has 9 heteroatoms. The molecule has 138 valence electrons. The molecule has 2 heterocycles. The first-order valence-electron chi connectivity index (χ1n) is 8.13. The highest BCUT2D eigenvalue weighted by Crippen LogP contribution is 2.28. The van der Waals surface area contributed by atoms with Gasteiger partial charge in [-0.2, -0.15) is 5.10 Å². The van der Waals surface area contributed by atoms with Gasteiger partial charge in [0.1, 0.15) is 5.58 Å². The fourth-order valence-corrected chi connectivity index (χ4v) is 3.33. The molecule has 0 fully saturated rings. The second-order valence-electron chi connectivity index (χ2n) is 5.74. The van der Waals surface area contributed by atoms with Crippen molar-refractivity contribution in [2.24, 2.45) is 5.10 Å². The van der Waals surface area contributed by atoms with Crippen molar-refractivity contribution in [3.8, 4) is 10.4 Å². The summed E-state index contributed by atoms with van der Waals surface area (Å²) in [6.07, 6.45) is 3.02. The Kier molecular flexibility index (Phi) is 4.65. The number of non-ortho nitro benzene ring substituents is 1. The molecule has 0 atom stereocenters. The summed E-state index contributed by atoms with van der Waals surface area (Å²) in [7, 11) is 0. The first-order valence-corrected chi connectivity index (χ1v) is 8.94. The molecule has 0 aliphatic heterocycles. The van der Waals surface area contributed by atoms with Gasteiger partial charge in [-0.25, -0.2) is 9.78 Å². The SMILES string of the molecule is O=c1oc2ccccc2cc1-c1cnc(N/N=C/c2cccc([N+](=O)[O-])c2)s1. The number of hydrogen-bond acceptors (Lipinski definition) is 8. The van der Waals surface area contributed by atoms with Crippen LogP contribution in [0.5, 0.6) is 0 Å². The number of nitrogens with one attached hydrogen (secondary N) is 1. The molecule has 0 saturated heterocycles. The highest BCUT2D eigenvalue weighted by Gasteiger charge is 2.11. The van der Waals surface area contributed by atoms with E-state index in [9.17, 15) is 14.9 Å². The monoisotopic (exact) mass is 392 g/mol. The molecular formula is C19H12N4O4S. The van der Waals surface area contributed by atoms with Crippen LogP contribution in [0.3, 0.4) is 0 Å². The fourth-order valence-electron chi connectivity index (χ4n) is 2.56. The average molecular weight is 392 g/mol. The van der Waals surface area contributed by atoms with E-state index < -0.39 is 10.5 Å². The van der Waals surface area contributed by atoms with E-state index in [1.54, 1.807) is 36.5 Å². The second-order valence-corrected chi connectivity index (χ2v) is 6.77.